The first-order chi connectivity index (χ1) is 9.34. The molecule has 2 atom stereocenters. The predicted molar refractivity (Wildman–Crippen MR) is 72.5 cm³/mol. The largest absolute Gasteiger partial charge is 0.454 e. The molecule has 96 valence electrons. The number of benzene rings is 2. The fourth-order valence-electron chi connectivity index (χ4n) is 2.41. The number of morpholine rings is 1. The number of rotatable bonds is 2. The van der Waals surface area contributed by atoms with Gasteiger partial charge in [-0.05, 0) is 11.1 Å². The molecule has 19 heavy (non-hydrogen) atoms. The van der Waals surface area contributed by atoms with Crippen molar-refractivity contribution in [3.05, 3.63) is 71.8 Å². The second kappa shape index (κ2) is 5.24. The van der Waals surface area contributed by atoms with E-state index in [2.05, 4.69) is 5.32 Å². The lowest BCUT2D eigenvalue weighted by atomic mass is 9.94. The van der Waals surface area contributed by atoms with Gasteiger partial charge in [-0.1, -0.05) is 60.7 Å². The normalized spacial score (nSPS) is 22.8. The Balaban J connectivity index is 1.95. The van der Waals surface area contributed by atoms with Crippen molar-refractivity contribution in [1.82, 2.24) is 5.32 Å². The SMILES string of the molecule is O=C1CNC(c2ccccc2)C(c2ccccc2)O1. The first kappa shape index (κ1) is 11.9. The van der Waals surface area contributed by atoms with Gasteiger partial charge in [-0.3, -0.25) is 10.1 Å². The molecule has 0 aromatic heterocycles. The quantitative estimate of drug-likeness (QED) is 0.836. The van der Waals surface area contributed by atoms with Gasteiger partial charge in [0.15, 0.2) is 0 Å². The molecule has 1 aliphatic rings. The standard InChI is InChI=1S/C16H15NO2/c18-14-11-17-15(12-7-3-1-4-8-12)16(19-14)13-9-5-2-6-10-13/h1-10,15-17H,11H2. The van der Waals surface area contributed by atoms with E-state index < -0.39 is 0 Å². The molecule has 0 radical (unpaired) electrons. The van der Waals surface area contributed by atoms with Crippen molar-refractivity contribution in [3.8, 4) is 0 Å². The van der Waals surface area contributed by atoms with E-state index in [0.717, 1.165) is 11.1 Å². The van der Waals surface area contributed by atoms with Crippen LogP contribution in [0.15, 0.2) is 60.7 Å². The number of carbonyl (C=O) groups is 1. The summed E-state index contributed by atoms with van der Waals surface area (Å²) < 4.78 is 5.54. The van der Waals surface area contributed by atoms with Gasteiger partial charge in [-0.15, -0.1) is 0 Å². The Hall–Kier alpha value is -2.13. The molecule has 0 aliphatic carbocycles. The Labute approximate surface area is 112 Å². The number of ether oxygens (including phenoxy) is 1. The molecule has 2 aromatic carbocycles. The van der Waals surface area contributed by atoms with Crippen molar-refractivity contribution in [3.63, 3.8) is 0 Å². The van der Waals surface area contributed by atoms with Gasteiger partial charge in [0, 0.05) is 0 Å². The number of esters is 1. The van der Waals surface area contributed by atoms with Crippen LogP contribution in [0.1, 0.15) is 23.3 Å². The smallest absolute Gasteiger partial charge is 0.320 e. The lowest BCUT2D eigenvalue weighted by Crippen LogP contribution is -2.40. The van der Waals surface area contributed by atoms with Crippen LogP contribution < -0.4 is 5.32 Å². The van der Waals surface area contributed by atoms with Crippen LogP contribution in [-0.2, 0) is 9.53 Å². The highest BCUT2D eigenvalue weighted by Crippen LogP contribution is 2.34. The minimum atomic E-state index is -0.273. The molecule has 0 bridgehead atoms. The number of hydrogen-bond donors (Lipinski definition) is 1. The Kier molecular flexibility index (Phi) is 3.29. The Morgan fingerprint density at radius 3 is 2.11 bits per heavy atom. The molecular weight excluding hydrogens is 238 g/mol. The third-order valence-corrected chi connectivity index (χ3v) is 3.31. The van der Waals surface area contributed by atoms with Gasteiger partial charge in [0.05, 0.1) is 12.6 Å². The molecule has 0 amide bonds. The Morgan fingerprint density at radius 2 is 1.47 bits per heavy atom. The van der Waals surface area contributed by atoms with Crippen LogP contribution >= 0.6 is 0 Å². The van der Waals surface area contributed by atoms with Crippen LogP contribution in [-0.4, -0.2) is 12.5 Å². The first-order valence-electron chi connectivity index (χ1n) is 6.37. The highest BCUT2D eigenvalue weighted by Gasteiger charge is 2.32. The van der Waals surface area contributed by atoms with E-state index in [9.17, 15) is 4.79 Å². The van der Waals surface area contributed by atoms with E-state index in [4.69, 9.17) is 4.74 Å². The van der Waals surface area contributed by atoms with Crippen LogP contribution in [0.5, 0.6) is 0 Å². The second-order valence-electron chi connectivity index (χ2n) is 4.59. The molecule has 1 N–H and O–H groups in total. The lowest BCUT2D eigenvalue weighted by molar-refractivity contribution is -0.155. The predicted octanol–water partition coefficient (Wildman–Crippen LogP) is 2.62. The van der Waals surface area contributed by atoms with E-state index in [1.807, 2.05) is 60.7 Å². The van der Waals surface area contributed by atoms with Crippen molar-refractivity contribution in [2.45, 2.75) is 12.1 Å². The van der Waals surface area contributed by atoms with Crippen LogP contribution in [0.4, 0.5) is 0 Å². The molecule has 2 aromatic rings. The highest BCUT2D eigenvalue weighted by atomic mass is 16.5. The van der Waals surface area contributed by atoms with Gasteiger partial charge in [0.25, 0.3) is 0 Å². The monoisotopic (exact) mass is 253 g/mol. The summed E-state index contributed by atoms with van der Waals surface area (Å²) in [5.74, 6) is -0.207. The summed E-state index contributed by atoms with van der Waals surface area (Å²) in [5, 5.41) is 3.26. The zero-order chi connectivity index (χ0) is 13.1. The summed E-state index contributed by atoms with van der Waals surface area (Å²) in [6.45, 7) is 0.253. The molecule has 1 heterocycles. The molecule has 0 saturated carbocycles. The summed E-state index contributed by atoms with van der Waals surface area (Å²) in [6.07, 6.45) is -0.273. The summed E-state index contributed by atoms with van der Waals surface area (Å²) in [6, 6.07) is 19.9. The van der Waals surface area contributed by atoms with Gasteiger partial charge >= 0.3 is 5.97 Å². The molecule has 1 saturated heterocycles. The molecule has 3 heteroatoms. The second-order valence-corrected chi connectivity index (χ2v) is 4.59. The van der Waals surface area contributed by atoms with Crippen molar-refractivity contribution in [2.75, 3.05) is 6.54 Å². The van der Waals surface area contributed by atoms with E-state index in [1.54, 1.807) is 0 Å². The van der Waals surface area contributed by atoms with Gasteiger partial charge in [0.1, 0.15) is 6.10 Å². The highest BCUT2D eigenvalue weighted by molar-refractivity contribution is 5.73. The average Bonchev–Trinajstić information content (AvgIpc) is 2.49. The maximum absolute atomic E-state index is 11.5. The maximum Gasteiger partial charge on any atom is 0.320 e. The van der Waals surface area contributed by atoms with E-state index in [-0.39, 0.29) is 24.7 Å². The average molecular weight is 253 g/mol. The zero-order valence-corrected chi connectivity index (χ0v) is 10.5. The fraction of sp³-hybridized carbons (Fsp3) is 0.188. The van der Waals surface area contributed by atoms with Crippen molar-refractivity contribution < 1.29 is 9.53 Å². The number of carbonyl (C=O) groups excluding carboxylic acids is 1. The third-order valence-electron chi connectivity index (χ3n) is 3.31. The van der Waals surface area contributed by atoms with Gasteiger partial charge in [-0.2, -0.15) is 0 Å². The molecule has 2 unspecified atom stereocenters. The van der Waals surface area contributed by atoms with Crippen molar-refractivity contribution >= 4 is 5.97 Å². The fourth-order valence-corrected chi connectivity index (χ4v) is 2.41. The molecule has 3 rings (SSSR count). The van der Waals surface area contributed by atoms with E-state index >= 15 is 0 Å². The summed E-state index contributed by atoms with van der Waals surface area (Å²) in [4.78, 5) is 11.5. The van der Waals surface area contributed by atoms with Gasteiger partial charge in [0.2, 0.25) is 0 Å². The van der Waals surface area contributed by atoms with Crippen LogP contribution in [0.2, 0.25) is 0 Å². The molecule has 3 nitrogen and oxygen atoms in total. The van der Waals surface area contributed by atoms with Crippen LogP contribution in [0.3, 0.4) is 0 Å². The first-order valence-corrected chi connectivity index (χ1v) is 6.37. The molecular formula is C16H15NO2. The van der Waals surface area contributed by atoms with E-state index in [1.165, 1.54) is 0 Å². The van der Waals surface area contributed by atoms with Gasteiger partial charge < -0.3 is 4.74 Å². The van der Waals surface area contributed by atoms with Crippen LogP contribution in [0, 0.1) is 0 Å². The lowest BCUT2D eigenvalue weighted by Gasteiger charge is -2.32. The van der Waals surface area contributed by atoms with Crippen molar-refractivity contribution in [2.24, 2.45) is 0 Å². The zero-order valence-electron chi connectivity index (χ0n) is 10.5. The maximum atomic E-state index is 11.5. The summed E-state index contributed by atoms with van der Waals surface area (Å²) in [5.41, 5.74) is 2.14. The topological polar surface area (TPSA) is 38.3 Å². The molecule has 1 aliphatic heterocycles. The summed E-state index contributed by atoms with van der Waals surface area (Å²) in [7, 11) is 0. The van der Waals surface area contributed by atoms with Crippen molar-refractivity contribution in [1.29, 1.82) is 0 Å². The third kappa shape index (κ3) is 2.51. The van der Waals surface area contributed by atoms with Gasteiger partial charge in [-0.25, -0.2) is 0 Å². The molecule has 0 spiro atoms. The number of hydrogen-bond acceptors (Lipinski definition) is 3. The number of nitrogens with one attached hydrogen (secondary N) is 1. The Morgan fingerprint density at radius 1 is 0.895 bits per heavy atom. The minimum Gasteiger partial charge on any atom is -0.454 e. The Bertz CT molecular complexity index is 553. The minimum absolute atomic E-state index is 0.00120. The van der Waals surface area contributed by atoms with E-state index in [0.29, 0.717) is 0 Å². The number of cyclic esters (lactones) is 1. The summed E-state index contributed by atoms with van der Waals surface area (Å²) >= 11 is 0. The molecule has 1 fully saturated rings. The van der Waals surface area contributed by atoms with Crippen LogP contribution in [0.25, 0.3) is 0 Å².